The lowest BCUT2D eigenvalue weighted by Crippen LogP contribution is -2.53. The van der Waals surface area contributed by atoms with Crippen molar-refractivity contribution in [2.24, 2.45) is 4.99 Å². The van der Waals surface area contributed by atoms with Crippen LogP contribution in [0.4, 0.5) is 0 Å². The maximum atomic E-state index is 14.3. The van der Waals surface area contributed by atoms with Gasteiger partial charge in [-0.25, -0.2) is 18.8 Å². The van der Waals surface area contributed by atoms with Crippen LogP contribution in [0.2, 0.25) is 0 Å². The van der Waals surface area contributed by atoms with E-state index in [1.807, 2.05) is 55.5 Å². The predicted octanol–water partition coefficient (Wildman–Crippen LogP) is 5.46. The molecular weight excluding hydrogens is 670 g/mol. The van der Waals surface area contributed by atoms with Crippen molar-refractivity contribution >= 4 is 37.6 Å². The summed E-state index contributed by atoms with van der Waals surface area (Å²) >= 11 is 3.61. The van der Waals surface area contributed by atoms with Crippen molar-refractivity contribution in [1.82, 2.24) is 10.9 Å². The van der Waals surface area contributed by atoms with Crippen molar-refractivity contribution in [3.8, 4) is 5.75 Å². The Morgan fingerprint density at radius 2 is 1.74 bits per heavy atom. The van der Waals surface area contributed by atoms with Crippen LogP contribution in [0.15, 0.2) is 117 Å². The van der Waals surface area contributed by atoms with Gasteiger partial charge in [-0.15, -0.1) is 0 Å². The molecule has 1 aliphatic rings. The van der Waals surface area contributed by atoms with E-state index in [0.717, 1.165) is 11.1 Å². The number of sulfone groups is 1. The maximum Gasteiger partial charge on any atom is 0.266 e. The second-order valence-electron chi connectivity index (χ2n) is 11.0. The number of hydrazine groups is 1. The largest absolute Gasteiger partial charge is 0.494 e. The molecule has 4 aromatic carbocycles. The summed E-state index contributed by atoms with van der Waals surface area (Å²) in [7, 11) is -3.77. The fraction of sp³-hybridized carbons (Fsp3) is 0.257. The number of hydrogen-bond donors (Lipinski definition) is 3. The highest BCUT2D eigenvalue weighted by Gasteiger charge is 2.54. The molecule has 2 atom stereocenters. The minimum absolute atomic E-state index is 0.0309. The van der Waals surface area contributed by atoms with Gasteiger partial charge in [-0.1, -0.05) is 82.2 Å². The number of nitrogens with zero attached hydrogens (tertiary/aromatic N) is 1. The summed E-state index contributed by atoms with van der Waals surface area (Å²) in [5.74, 6) is -0.0608. The molecule has 0 saturated carbocycles. The Morgan fingerprint density at radius 1 is 1.00 bits per heavy atom. The SMILES string of the molecule is Cc1cccc(CNNC(=O)[C@@]2(CCS(=O)(=O)c3ccccc3)N=C(c3ccc(OCCCO)cc3)O[C@H]2c2ccccc2Br)c1. The van der Waals surface area contributed by atoms with Gasteiger partial charge in [-0.2, -0.15) is 0 Å². The number of aliphatic hydroxyl groups is 1. The molecule has 1 heterocycles. The third-order valence-electron chi connectivity index (χ3n) is 7.65. The zero-order chi connectivity index (χ0) is 32.6. The molecule has 0 fully saturated rings. The average Bonchev–Trinajstić information content (AvgIpc) is 3.46. The first-order chi connectivity index (χ1) is 22.2. The molecule has 46 heavy (non-hydrogen) atoms. The lowest BCUT2D eigenvalue weighted by atomic mass is 9.85. The first-order valence-electron chi connectivity index (χ1n) is 14.9. The van der Waals surface area contributed by atoms with E-state index in [1.165, 1.54) is 0 Å². The Hall–Kier alpha value is -4.03. The Labute approximate surface area is 277 Å². The molecule has 3 N–H and O–H groups in total. The van der Waals surface area contributed by atoms with Crippen LogP contribution in [-0.4, -0.2) is 49.8 Å². The average molecular weight is 707 g/mol. The second-order valence-corrected chi connectivity index (χ2v) is 14.0. The molecular formula is C35H36BrN3O6S. The van der Waals surface area contributed by atoms with Gasteiger partial charge >= 0.3 is 0 Å². The van der Waals surface area contributed by atoms with Gasteiger partial charge in [0.2, 0.25) is 5.90 Å². The summed E-state index contributed by atoms with van der Waals surface area (Å²) in [6.45, 7) is 2.74. The summed E-state index contributed by atoms with van der Waals surface area (Å²) in [4.78, 5) is 19.4. The zero-order valence-corrected chi connectivity index (χ0v) is 27.8. The normalized spacial score (nSPS) is 17.6. The van der Waals surface area contributed by atoms with Gasteiger partial charge in [0.25, 0.3) is 5.91 Å². The van der Waals surface area contributed by atoms with Gasteiger partial charge in [0.05, 0.1) is 17.3 Å². The lowest BCUT2D eigenvalue weighted by molar-refractivity contribution is -0.130. The molecule has 1 aliphatic heterocycles. The molecule has 0 unspecified atom stereocenters. The molecule has 11 heteroatoms. The van der Waals surface area contributed by atoms with Gasteiger partial charge in [0.15, 0.2) is 21.5 Å². The highest BCUT2D eigenvalue weighted by molar-refractivity contribution is 9.10. The molecule has 240 valence electrons. The number of benzene rings is 4. The van der Waals surface area contributed by atoms with Gasteiger partial charge < -0.3 is 14.6 Å². The van der Waals surface area contributed by atoms with Crippen LogP contribution in [-0.2, 0) is 25.9 Å². The van der Waals surface area contributed by atoms with E-state index >= 15 is 0 Å². The summed E-state index contributed by atoms with van der Waals surface area (Å²) in [6.07, 6.45) is -0.600. The van der Waals surface area contributed by atoms with Crippen LogP contribution in [0.1, 0.15) is 41.2 Å². The van der Waals surface area contributed by atoms with Crippen molar-refractivity contribution in [3.05, 3.63) is 130 Å². The molecule has 4 aromatic rings. The Kier molecular flexibility index (Phi) is 10.9. The number of aliphatic hydroxyl groups excluding tert-OH is 1. The summed E-state index contributed by atoms with van der Waals surface area (Å²) in [6, 6.07) is 30.5. The number of nitrogens with one attached hydrogen (secondary N) is 2. The summed E-state index contributed by atoms with van der Waals surface area (Å²) in [5, 5.41) is 9.06. The van der Waals surface area contributed by atoms with Crippen LogP contribution < -0.4 is 15.6 Å². The second kappa shape index (κ2) is 15.0. The third kappa shape index (κ3) is 7.84. The topological polar surface area (TPSA) is 126 Å². The van der Waals surface area contributed by atoms with Crippen LogP contribution in [0.5, 0.6) is 5.75 Å². The molecule has 0 aromatic heterocycles. The van der Waals surface area contributed by atoms with E-state index in [2.05, 4.69) is 26.8 Å². The number of aryl methyl sites for hydroxylation is 1. The van der Waals surface area contributed by atoms with E-state index in [-0.39, 0.29) is 29.6 Å². The van der Waals surface area contributed by atoms with Crippen molar-refractivity contribution in [1.29, 1.82) is 0 Å². The Bertz CT molecular complexity index is 1780. The summed E-state index contributed by atoms with van der Waals surface area (Å²) in [5.41, 5.74) is 7.47. The van der Waals surface area contributed by atoms with Gasteiger partial charge in [0, 0.05) is 41.6 Å². The lowest BCUT2D eigenvalue weighted by Gasteiger charge is -2.31. The number of ether oxygens (including phenoxy) is 2. The minimum atomic E-state index is -3.77. The smallest absolute Gasteiger partial charge is 0.266 e. The number of rotatable bonds is 14. The fourth-order valence-corrected chi connectivity index (χ4v) is 7.11. The van der Waals surface area contributed by atoms with Crippen LogP contribution in [0, 0.1) is 6.92 Å². The number of carbonyl (C=O) groups excluding carboxylic acids is 1. The third-order valence-corrected chi connectivity index (χ3v) is 10.1. The first kappa shape index (κ1) is 33.3. The standard InChI is InChI=1S/C35H36BrN3O6S/c1-25-9-7-10-26(23-25)24-37-39-34(41)35(19-22-46(42,43)29-11-3-2-4-12-29)32(30-13-5-6-14-31(30)36)45-33(38-35)27-15-17-28(18-16-27)44-21-8-20-40/h2-7,9-18,23,32,37,40H,8,19-22,24H2,1H3,(H,39,41)/t32-,35-/m0/s1. The van der Waals surface area contributed by atoms with E-state index in [0.29, 0.717) is 40.9 Å². The monoisotopic (exact) mass is 705 g/mol. The van der Waals surface area contributed by atoms with E-state index in [9.17, 15) is 13.2 Å². The molecule has 0 aliphatic carbocycles. The first-order valence-corrected chi connectivity index (χ1v) is 17.4. The zero-order valence-electron chi connectivity index (χ0n) is 25.4. The van der Waals surface area contributed by atoms with Crippen LogP contribution in [0.3, 0.4) is 0 Å². The molecule has 1 amide bonds. The highest BCUT2D eigenvalue weighted by atomic mass is 79.9. The predicted molar refractivity (Wildman–Crippen MR) is 180 cm³/mol. The molecule has 0 saturated heterocycles. The van der Waals surface area contributed by atoms with Gasteiger partial charge in [0.1, 0.15) is 5.75 Å². The number of amides is 1. The molecule has 9 nitrogen and oxygen atoms in total. The highest BCUT2D eigenvalue weighted by Crippen LogP contribution is 2.45. The van der Waals surface area contributed by atoms with Crippen molar-refractivity contribution < 1.29 is 27.8 Å². The van der Waals surface area contributed by atoms with Crippen LogP contribution >= 0.6 is 15.9 Å². The molecule has 0 spiro atoms. The molecule has 5 rings (SSSR count). The van der Waals surface area contributed by atoms with Gasteiger partial charge in [-0.05, 0) is 55.0 Å². The summed E-state index contributed by atoms with van der Waals surface area (Å²) < 4.78 is 39.9. The Balaban J connectivity index is 1.52. The quantitative estimate of drug-likeness (QED) is 0.118. The molecule has 0 radical (unpaired) electrons. The molecule has 0 bridgehead atoms. The van der Waals surface area contributed by atoms with Crippen LogP contribution in [0.25, 0.3) is 0 Å². The van der Waals surface area contributed by atoms with Crippen molar-refractivity contribution in [2.75, 3.05) is 19.0 Å². The van der Waals surface area contributed by atoms with Gasteiger partial charge in [-0.3, -0.25) is 10.2 Å². The minimum Gasteiger partial charge on any atom is -0.494 e. The van der Waals surface area contributed by atoms with Crippen molar-refractivity contribution in [2.45, 2.75) is 42.8 Å². The van der Waals surface area contributed by atoms with Crippen molar-refractivity contribution in [3.63, 3.8) is 0 Å². The maximum absolute atomic E-state index is 14.3. The van der Waals surface area contributed by atoms with E-state index in [4.69, 9.17) is 19.6 Å². The van der Waals surface area contributed by atoms with E-state index < -0.39 is 27.4 Å². The van der Waals surface area contributed by atoms with E-state index in [1.54, 1.807) is 54.6 Å². The number of carbonyl (C=O) groups is 1. The number of aliphatic imine (C=N–C) groups is 1. The fourth-order valence-electron chi connectivity index (χ4n) is 5.23. The Morgan fingerprint density at radius 3 is 2.46 bits per heavy atom. The number of halogens is 1. The number of hydrogen-bond acceptors (Lipinski definition) is 8.